The molecule has 13 heavy (non-hydrogen) atoms. The Morgan fingerprint density at radius 2 is 2.15 bits per heavy atom. The van der Waals surface area contributed by atoms with Gasteiger partial charge in [0.2, 0.25) is 0 Å². The van der Waals surface area contributed by atoms with E-state index in [-0.39, 0.29) is 0 Å². The molecule has 2 rings (SSSR count). The molecule has 0 aliphatic carbocycles. The van der Waals surface area contributed by atoms with Crippen molar-refractivity contribution < 1.29 is 0 Å². The number of likely N-dealkylation sites (tertiary alicyclic amines) is 1. The molecular weight excluding hydrogens is 158 g/mol. The van der Waals surface area contributed by atoms with Crippen molar-refractivity contribution in [1.82, 2.24) is 4.90 Å². The largest absolute Gasteiger partial charge is 0.299 e. The molecular formula is C12H16N. The Balaban J connectivity index is 2.04. The van der Waals surface area contributed by atoms with Gasteiger partial charge in [-0.1, -0.05) is 18.2 Å². The third-order valence-corrected chi connectivity index (χ3v) is 2.78. The second-order valence-corrected chi connectivity index (χ2v) is 3.84. The Bertz CT molecular complexity index is 274. The summed E-state index contributed by atoms with van der Waals surface area (Å²) in [6.45, 7) is 5.85. The van der Waals surface area contributed by atoms with Crippen LogP contribution in [0.5, 0.6) is 0 Å². The predicted octanol–water partition coefficient (Wildman–Crippen LogP) is 2.39. The number of hydrogen-bond acceptors (Lipinski definition) is 1. The van der Waals surface area contributed by atoms with Crippen LogP contribution in [-0.2, 0) is 6.54 Å². The van der Waals surface area contributed by atoms with Crippen LogP contribution in [0.3, 0.4) is 0 Å². The van der Waals surface area contributed by atoms with Gasteiger partial charge in [0.25, 0.3) is 0 Å². The summed E-state index contributed by atoms with van der Waals surface area (Å²) in [5.41, 5.74) is 2.83. The van der Waals surface area contributed by atoms with Gasteiger partial charge in [0.15, 0.2) is 0 Å². The van der Waals surface area contributed by atoms with Crippen LogP contribution in [0.4, 0.5) is 0 Å². The zero-order valence-corrected chi connectivity index (χ0v) is 8.21. The van der Waals surface area contributed by atoms with E-state index in [9.17, 15) is 0 Å². The van der Waals surface area contributed by atoms with Gasteiger partial charge in [0, 0.05) is 6.54 Å². The zero-order chi connectivity index (χ0) is 9.10. The lowest BCUT2D eigenvalue weighted by atomic mass is 10.1. The average molecular weight is 174 g/mol. The summed E-state index contributed by atoms with van der Waals surface area (Å²) in [6, 6.07) is 9.38. The van der Waals surface area contributed by atoms with Crippen molar-refractivity contribution in [2.45, 2.75) is 26.3 Å². The quantitative estimate of drug-likeness (QED) is 0.665. The molecule has 69 valence electrons. The van der Waals surface area contributed by atoms with Crippen LogP contribution in [0, 0.1) is 13.0 Å². The fraction of sp³-hybridized carbons (Fsp3) is 0.500. The molecule has 1 aromatic carbocycles. The van der Waals surface area contributed by atoms with Gasteiger partial charge in [0.1, 0.15) is 0 Å². The van der Waals surface area contributed by atoms with Crippen LogP contribution in [0.1, 0.15) is 24.0 Å². The molecule has 0 atom stereocenters. The van der Waals surface area contributed by atoms with Crippen molar-refractivity contribution in [2.75, 3.05) is 13.1 Å². The van der Waals surface area contributed by atoms with Gasteiger partial charge >= 0.3 is 0 Å². The highest BCUT2D eigenvalue weighted by molar-refractivity contribution is 5.24. The Hall–Kier alpha value is -0.820. The van der Waals surface area contributed by atoms with Crippen LogP contribution in [0.2, 0.25) is 0 Å². The lowest BCUT2D eigenvalue weighted by Crippen LogP contribution is -2.18. The third-order valence-electron chi connectivity index (χ3n) is 2.78. The van der Waals surface area contributed by atoms with E-state index in [0.717, 1.165) is 6.54 Å². The zero-order valence-electron chi connectivity index (χ0n) is 8.21. The van der Waals surface area contributed by atoms with E-state index in [2.05, 4.69) is 30.0 Å². The molecule has 1 heterocycles. The molecule has 1 heteroatoms. The number of hydrogen-bond donors (Lipinski definition) is 0. The SMILES string of the molecule is Cc1c[c]ccc1CN1CCCC1. The Morgan fingerprint density at radius 1 is 1.38 bits per heavy atom. The van der Waals surface area contributed by atoms with E-state index < -0.39 is 0 Å². The van der Waals surface area contributed by atoms with E-state index in [0.29, 0.717) is 0 Å². The van der Waals surface area contributed by atoms with Crippen molar-refractivity contribution in [3.8, 4) is 0 Å². The molecule has 0 N–H and O–H groups in total. The molecule has 0 amide bonds. The molecule has 1 saturated heterocycles. The van der Waals surface area contributed by atoms with Gasteiger partial charge in [0.05, 0.1) is 0 Å². The highest BCUT2D eigenvalue weighted by Crippen LogP contribution is 2.14. The van der Waals surface area contributed by atoms with Crippen LogP contribution >= 0.6 is 0 Å². The van der Waals surface area contributed by atoms with E-state index in [4.69, 9.17) is 0 Å². The first-order valence-corrected chi connectivity index (χ1v) is 5.04. The molecule has 0 aromatic heterocycles. The minimum Gasteiger partial charge on any atom is -0.299 e. The van der Waals surface area contributed by atoms with Crippen molar-refractivity contribution in [2.24, 2.45) is 0 Å². The lowest BCUT2D eigenvalue weighted by molar-refractivity contribution is 0.331. The summed E-state index contributed by atoms with van der Waals surface area (Å²) in [4.78, 5) is 2.53. The second kappa shape index (κ2) is 3.93. The minimum atomic E-state index is 1.13. The van der Waals surface area contributed by atoms with Gasteiger partial charge in [-0.25, -0.2) is 0 Å². The molecule has 0 unspecified atom stereocenters. The summed E-state index contributed by atoms with van der Waals surface area (Å²) < 4.78 is 0. The monoisotopic (exact) mass is 174 g/mol. The van der Waals surface area contributed by atoms with E-state index >= 15 is 0 Å². The van der Waals surface area contributed by atoms with Crippen LogP contribution < -0.4 is 0 Å². The Morgan fingerprint density at radius 3 is 2.85 bits per heavy atom. The van der Waals surface area contributed by atoms with Crippen LogP contribution in [0.15, 0.2) is 18.2 Å². The van der Waals surface area contributed by atoms with Gasteiger partial charge in [-0.2, -0.15) is 0 Å². The Kier molecular flexibility index (Phi) is 2.65. The van der Waals surface area contributed by atoms with Crippen molar-refractivity contribution in [3.63, 3.8) is 0 Å². The van der Waals surface area contributed by atoms with E-state index in [1.54, 1.807) is 0 Å². The minimum absolute atomic E-state index is 1.13. The molecule has 1 aliphatic rings. The van der Waals surface area contributed by atoms with Crippen molar-refractivity contribution >= 4 is 0 Å². The summed E-state index contributed by atoms with van der Waals surface area (Å²) in [6.07, 6.45) is 2.75. The van der Waals surface area contributed by atoms with Gasteiger partial charge in [-0.15, -0.1) is 0 Å². The summed E-state index contributed by atoms with van der Waals surface area (Å²) in [5.74, 6) is 0. The molecule has 1 aliphatic heterocycles. The topological polar surface area (TPSA) is 3.24 Å². The lowest BCUT2D eigenvalue weighted by Gasteiger charge is -2.15. The first-order chi connectivity index (χ1) is 6.36. The smallest absolute Gasteiger partial charge is 0.0236 e. The van der Waals surface area contributed by atoms with Crippen molar-refractivity contribution in [1.29, 1.82) is 0 Å². The average Bonchev–Trinajstić information content (AvgIpc) is 2.61. The normalized spacial score (nSPS) is 17.9. The highest BCUT2D eigenvalue weighted by Gasteiger charge is 2.11. The summed E-state index contributed by atoms with van der Waals surface area (Å²) >= 11 is 0. The maximum atomic E-state index is 3.11. The number of nitrogens with zero attached hydrogens (tertiary/aromatic N) is 1. The standard InChI is InChI=1S/C12H16N/c1-11-6-2-3-7-12(11)10-13-8-4-5-9-13/h3,6-7H,4-5,8-10H2,1H3. The number of rotatable bonds is 2. The maximum Gasteiger partial charge on any atom is 0.0236 e. The summed E-state index contributed by atoms with van der Waals surface area (Å²) in [5, 5.41) is 0. The fourth-order valence-corrected chi connectivity index (χ4v) is 1.91. The summed E-state index contributed by atoms with van der Waals surface area (Å²) in [7, 11) is 0. The first kappa shape index (κ1) is 8.76. The van der Waals surface area contributed by atoms with Gasteiger partial charge in [-0.3, -0.25) is 4.90 Å². The van der Waals surface area contributed by atoms with E-state index in [1.165, 1.54) is 37.1 Å². The number of aryl methyl sites for hydroxylation is 1. The number of benzene rings is 1. The van der Waals surface area contributed by atoms with Gasteiger partial charge < -0.3 is 0 Å². The molecule has 1 radical (unpaired) electrons. The molecule has 1 fully saturated rings. The highest BCUT2D eigenvalue weighted by atomic mass is 15.1. The van der Waals surface area contributed by atoms with Crippen LogP contribution in [-0.4, -0.2) is 18.0 Å². The molecule has 0 saturated carbocycles. The fourth-order valence-electron chi connectivity index (χ4n) is 1.91. The second-order valence-electron chi connectivity index (χ2n) is 3.84. The van der Waals surface area contributed by atoms with Crippen molar-refractivity contribution in [3.05, 3.63) is 35.4 Å². The predicted molar refractivity (Wildman–Crippen MR) is 54.5 cm³/mol. The molecule has 1 nitrogen and oxygen atoms in total. The Labute approximate surface area is 80.4 Å². The third kappa shape index (κ3) is 2.10. The van der Waals surface area contributed by atoms with E-state index in [1.807, 2.05) is 6.07 Å². The van der Waals surface area contributed by atoms with Crippen LogP contribution in [0.25, 0.3) is 0 Å². The molecule has 1 aromatic rings. The molecule has 0 spiro atoms. The van der Waals surface area contributed by atoms with Gasteiger partial charge in [-0.05, 0) is 50.0 Å². The first-order valence-electron chi connectivity index (χ1n) is 5.04. The molecule has 0 bridgehead atoms. The maximum absolute atomic E-state index is 3.11.